The number of nitrogens with one attached hydrogen (secondary N) is 1. The summed E-state index contributed by atoms with van der Waals surface area (Å²) < 4.78 is 0. The minimum atomic E-state index is 0.732. The van der Waals surface area contributed by atoms with Gasteiger partial charge in [-0.15, -0.1) is 0 Å². The second-order valence-corrected chi connectivity index (χ2v) is 4.97. The molecule has 96 valence electrons. The van der Waals surface area contributed by atoms with Gasteiger partial charge in [0.2, 0.25) is 0 Å². The lowest BCUT2D eigenvalue weighted by atomic mass is 10.1. The predicted octanol–water partition coefficient (Wildman–Crippen LogP) is 2.62. The molecule has 1 aromatic heterocycles. The second kappa shape index (κ2) is 8.07. The highest BCUT2D eigenvalue weighted by atomic mass is 14.8. The molecule has 0 aliphatic heterocycles. The second-order valence-electron chi connectivity index (χ2n) is 4.97. The normalized spacial score (nSPS) is 11.0. The van der Waals surface area contributed by atoms with Crippen molar-refractivity contribution in [1.82, 2.24) is 10.3 Å². The number of pyridine rings is 1. The molecular formula is C14H25N3. The molecular weight excluding hydrogens is 210 g/mol. The molecule has 0 aliphatic rings. The first-order valence-electron chi connectivity index (χ1n) is 6.59. The third-order valence-electron chi connectivity index (χ3n) is 2.79. The molecule has 0 radical (unpaired) electrons. The maximum Gasteiger partial charge on any atom is 0.0501 e. The van der Waals surface area contributed by atoms with E-state index >= 15 is 0 Å². The van der Waals surface area contributed by atoms with Gasteiger partial charge in [-0.25, -0.2) is 0 Å². The maximum absolute atomic E-state index is 5.58. The van der Waals surface area contributed by atoms with E-state index in [1.54, 1.807) is 6.20 Å². The first-order valence-corrected chi connectivity index (χ1v) is 6.59. The van der Waals surface area contributed by atoms with Crippen molar-refractivity contribution < 1.29 is 0 Å². The molecule has 0 amide bonds. The molecule has 1 rings (SSSR count). The van der Waals surface area contributed by atoms with Crippen molar-refractivity contribution in [3.05, 3.63) is 24.0 Å². The quantitative estimate of drug-likeness (QED) is 0.681. The van der Waals surface area contributed by atoms with Gasteiger partial charge in [-0.2, -0.15) is 0 Å². The van der Waals surface area contributed by atoms with Crippen molar-refractivity contribution in [1.29, 1.82) is 0 Å². The van der Waals surface area contributed by atoms with Crippen LogP contribution in [0.2, 0.25) is 0 Å². The molecule has 17 heavy (non-hydrogen) atoms. The summed E-state index contributed by atoms with van der Waals surface area (Å²) in [6, 6.07) is 3.90. The Morgan fingerprint density at radius 2 is 2.06 bits per heavy atom. The molecule has 0 bridgehead atoms. The van der Waals surface area contributed by atoms with Crippen LogP contribution in [0.25, 0.3) is 0 Å². The van der Waals surface area contributed by atoms with Crippen LogP contribution in [0.3, 0.4) is 0 Å². The van der Waals surface area contributed by atoms with Crippen molar-refractivity contribution >= 4 is 5.69 Å². The lowest BCUT2D eigenvalue weighted by molar-refractivity contribution is 0.521. The minimum Gasteiger partial charge on any atom is -0.397 e. The number of aromatic nitrogens is 1. The highest BCUT2D eigenvalue weighted by molar-refractivity contribution is 5.34. The fourth-order valence-electron chi connectivity index (χ4n) is 1.73. The van der Waals surface area contributed by atoms with Crippen LogP contribution >= 0.6 is 0 Å². The Bertz CT molecular complexity index is 293. The Morgan fingerprint density at radius 3 is 2.71 bits per heavy atom. The summed E-state index contributed by atoms with van der Waals surface area (Å²) in [5, 5.41) is 3.45. The van der Waals surface area contributed by atoms with E-state index in [1.807, 2.05) is 12.1 Å². The molecule has 1 aromatic rings. The van der Waals surface area contributed by atoms with Gasteiger partial charge in [0.25, 0.3) is 0 Å². The molecule has 0 aliphatic carbocycles. The van der Waals surface area contributed by atoms with Gasteiger partial charge < -0.3 is 11.1 Å². The van der Waals surface area contributed by atoms with E-state index in [-0.39, 0.29) is 0 Å². The molecule has 3 N–H and O–H groups in total. The van der Waals surface area contributed by atoms with Gasteiger partial charge >= 0.3 is 0 Å². The fraction of sp³-hybridized carbons (Fsp3) is 0.643. The van der Waals surface area contributed by atoms with Gasteiger partial charge in [0.1, 0.15) is 0 Å². The Hall–Kier alpha value is -1.09. The van der Waals surface area contributed by atoms with Crippen LogP contribution in [0.4, 0.5) is 5.69 Å². The minimum absolute atomic E-state index is 0.732. The summed E-state index contributed by atoms with van der Waals surface area (Å²) in [6.45, 7) is 6.67. The van der Waals surface area contributed by atoms with E-state index in [2.05, 4.69) is 24.1 Å². The molecule has 0 fully saturated rings. The number of nitrogens with zero attached hydrogens (tertiary/aromatic N) is 1. The summed E-state index contributed by atoms with van der Waals surface area (Å²) in [5.41, 5.74) is 7.42. The molecule has 0 spiro atoms. The number of rotatable bonds is 8. The molecule has 0 aromatic carbocycles. The molecule has 3 heteroatoms. The predicted molar refractivity (Wildman–Crippen MR) is 73.9 cm³/mol. The summed E-state index contributed by atoms with van der Waals surface area (Å²) in [6.07, 6.45) is 6.63. The summed E-state index contributed by atoms with van der Waals surface area (Å²) in [5.74, 6) is 0.828. The van der Waals surface area contributed by atoms with Crippen molar-refractivity contribution in [2.75, 3.05) is 18.8 Å². The Balaban J connectivity index is 1.99. The first kappa shape index (κ1) is 14.0. The lowest BCUT2D eigenvalue weighted by Gasteiger charge is -2.06. The molecule has 0 saturated heterocycles. The SMILES string of the molecule is CC(C)CCCCNCCc1ccc(N)cn1. The first-order chi connectivity index (χ1) is 8.18. The largest absolute Gasteiger partial charge is 0.397 e. The van der Waals surface area contributed by atoms with Crippen molar-refractivity contribution in [3.63, 3.8) is 0 Å². The molecule has 0 unspecified atom stereocenters. The molecule has 3 nitrogen and oxygen atoms in total. The topological polar surface area (TPSA) is 50.9 Å². The maximum atomic E-state index is 5.58. The Morgan fingerprint density at radius 1 is 1.24 bits per heavy atom. The zero-order chi connectivity index (χ0) is 12.5. The third-order valence-corrected chi connectivity index (χ3v) is 2.79. The number of anilines is 1. The molecule has 1 heterocycles. The van der Waals surface area contributed by atoms with Crippen molar-refractivity contribution in [3.8, 4) is 0 Å². The van der Waals surface area contributed by atoms with Gasteiger partial charge in [-0.05, 0) is 31.0 Å². The van der Waals surface area contributed by atoms with Gasteiger partial charge in [0.05, 0.1) is 11.9 Å². The van der Waals surface area contributed by atoms with Crippen LogP contribution < -0.4 is 11.1 Å². The Labute approximate surface area is 105 Å². The summed E-state index contributed by atoms with van der Waals surface area (Å²) in [4.78, 5) is 4.27. The van der Waals surface area contributed by atoms with E-state index in [0.717, 1.165) is 36.8 Å². The summed E-state index contributed by atoms with van der Waals surface area (Å²) >= 11 is 0. The standard InChI is InChI=1S/C14H25N3/c1-12(2)5-3-4-9-16-10-8-14-7-6-13(15)11-17-14/h6-7,11-12,16H,3-5,8-10,15H2,1-2H3. The van der Waals surface area contributed by atoms with Gasteiger partial charge in [-0.1, -0.05) is 26.7 Å². The number of nitrogens with two attached hydrogens (primary N) is 1. The van der Waals surface area contributed by atoms with Crippen LogP contribution in [0.5, 0.6) is 0 Å². The smallest absolute Gasteiger partial charge is 0.0501 e. The van der Waals surface area contributed by atoms with Gasteiger partial charge in [-0.3, -0.25) is 4.98 Å². The van der Waals surface area contributed by atoms with Crippen molar-refractivity contribution in [2.45, 2.75) is 39.5 Å². The van der Waals surface area contributed by atoms with E-state index in [9.17, 15) is 0 Å². The average Bonchev–Trinajstić information content (AvgIpc) is 2.30. The third kappa shape index (κ3) is 6.95. The van der Waals surface area contributed by atoms with E-state index in [4.69, 9.17) is 5.73 Å². The zero-order valence-corrected chi connectivity index (χ0v) is 11.1. The lowest BCUT2D eigenvalue weighted by Crippen LogP contribution is -2.19. The van der Waals surface area contributed by atoms with Gasteiger partial charge in [0.15, 0.2) is 0 Å². The van der Waals surface area contributed by atoms with Crippen LogP contribution in [0, 0.1) is 5.92 Å². The van der Waals surface area contributed by atoms with E-state index in [1.165, 1.54) is 19.3 Å². The number of hydrogen-bond donors (Lipinski definition) is 2. The van der Waals surface area contributed by atoms with Gasteiger partial charge in [0, 0.05) is 18.7 Å². The Kier molecular flexibility index (Phi) is 6.63. The van der Waals surface area contributed by atoms with Crippen molar-refractivity contribution in [2.24, 2.45) is 5.92 Å². The molecule has 0 saturated carbocycles. The monoisotopic (exact) mass is 235 g/mol. The van der Waals surface area contributed by atoms with Crippen LogP contribution in [0.1, 0.15) is 38.8 Å². The highest BCUT2D eigenvalue weighted by Crippen LogP contribution is 2.05. The van der Waals surface area contributed by atoms with E-state index < -0.39 is 0 Å². The zero-order valence-electron chi connectivity index (χ0n) is 11.1. The van der Waals surface area contributed by atoms with Crippen LogP contribution in [0.15, 0.2) is 18.3 Å². The number of unbranched alkanes of at least 4 members (excludes halogenated alkanes) is 1. The highest BCUT2D eigenvalue weighted by Gasteiger charge is 1.96. The number of hydrogen-bond acceptors (Lipinski definition) is 3. The fourth-order valence-corrected chi connectivity index (χ4v) is 1.73. The van der Waals surface area contributed by atoms with Crippen LogP contribution in [-0.2, 0) is 6.42 Å². The molecule has 0 atom stereocenters. The summed E-state index contributed by atoms with van der Waals surface area (Å²) in [7, 11) is 0. The van der Waals surface area contributed by atoms with E-state index in [0.29, 0.717) is 0 Å². The average molecular weight is 235 g/mol. The number of nitrogen functional groups attached to an aromatic ring is 1. The van der Waals surface area contributed by atoms with Crippen LogP contribution in [-0.4, -0.2) is 18.1 Å².